The van der Waals surface area contributed by atoms with Gasteiger partial charge in [-0.05, 0) is 26.0 Å². The molecule has 0 aromatic heterocycles. The van der Waals surface area contributed by atoms with E-state index in [0.29, 0.717) is 24.7 Å². The molecular weight excluding hydrogens is 368 g/mol. The largest absolute Gasteiger partial charge is 0.490 e. The number of halogens is 1. The van der Waals surface area contributed by atoms with E-state index in [9.17, 15) is 13.2 Å². The van der Waals surface area contributed by atoms with Crippen molar-refractivity contribution in [3.05, 3.63) is 18.2 Å². The Morgan fingerprint density at radius 2 is 1.88 bits per heavy atom. The Hall–Kier alpha value is -1.51. The first-order valence-electron chi connectivity index (χ1n) is 7.85. The highest BCUT2D eigenvalue weighted by atomic mass is 35.5. The standard InChI is InChI=1S/C16H24N2O5S.ClH/c1-16(2,17)11-18-15(19)6-9-24(20,21)12-4-5-13-14(10-12)23-8-3-7-22-13;/h4-5,10H,3,6-9,11,17H2,1-2H3,(H,18,19);1H. The van der Waals surface area contributed by atoms with E-state index in [2.05, 4.69) is 5.32 Å². The first kappa shape index (κ1) is 21.5. The number of benzene rings is 1. The van der Waals surface area contributed by atoms with Gasteiger partial charge in [0.1, 0.15) is 0 Å². The monoisotopic (exact) mass is 392 g/mol. The van der Waals surface area contributed by atoms with Crippen LogP contribution in [0.2, 0.25) is 0 Å². The van der Waals surface area contributed by atoms with Crippen molar-refractivity contribution in [3.63, 3.8) is 0 Å². The Kier molecular flexibility index (Phi) is 7.52. The molecule has 9 heteroatoms. The van der Waals surface area contributed by atoms with Crippen molar-refractivity contribution in [1.82, 2.24) is 5.32 Å². The molecule has 0 radical (unpaired) electrons. The fourth-order valence-corrected chi connectivity index (χ4v) is 3.35. The summed E-state index contributed by atoms with van der Waals surface area (Å²) in [5, 5.41) is 2.63. The molecule has 1 amide bonds. The van der Waals surface area contributed by atoms with Gasteiger partial charge in [0.05, 0.1) is 23.9 Å². The third kappa shape index (κ3) is 6.72. The molecule has 1 heterocycles. The smallest absolute Gasteiger partial charge is 0.221 e. The number of nitrogens with two attached hydrogens (primary N) is 1. The van der Waals surface area contributed by atoms with E-state index in [-0.39, 0.29) is 41.9 Å². The number of hydrogen-bond donors (Lipinski definition) is 2. The first-order chi connectivity index (χ1) is 11.2. The molecule has 25 heavy (non-hydrogen) atoms. The van der Waals surface area contributed by atoms with Crippen LogP contribution in [0.15, 0.2) is 23.1 Å². The molecule has 0 saturated carbocycles. The van der Waals surface area contributed by atoms with Gasteiger partial charge < -0.3 is 20.5 Å². The molecule has 1 aliphatic rings. The molecule has 0 atom stereocenters. The van der Waals surface area contributed by atoms with Crippen molar-refractivity contribution in [2.75, 3.05) is 25.5 Å². The Balaban J connectivity index is 0.00000312. The van der Waals surface area contributed by atoms with Crippen LogP contribution in [0, 0.1) is 0 Å². The van der Waals surface area contributed by atoms with Gasteiger partial charge in [0.2, 0.25) is 5.91 Å². The van der Waals surface area contributed by atoms with E-state index >= 15 is 0 Å². The number of amides is 1. The maximum absolute atomic E-state index is 12.4. The minimum atomic E-state index is -3.58. The molecule has 0 aliphatic carbocycles. The van der Waals surface area contributed by atoms with Crippen molar-refractivity contribution in [2.24, 2.45) is 5.73 Å². The minimum absolute atomic E-state index is 0. The molecule has 142 valence electrons. The van der Waals surface area contributed by atoms with Crippen LogP contribution in [-0.4, -0.2) is 45.4 Å². The molecule has 1 aliphatic heterocycles. The second-order valence-corrected chi connectivity index (χ2v) is 8.60. The van der Waals surface area contributed by atoms with Crippen molar-refractivity contribution in [2.45, 2.75) is 37.1 Å². The van der Waals surface area contributed by atoms with Crippen molar-refractivity contribution >= 4 is 28.2 Å². The third-order valence-corrected chi connectivity index (χ3v) is 5.13. The summed E-state index contributed by atoms with van der Waals surface area (Å²) in [4.78, 5) is 11.9. The van der Waals surface area contributed by atoms with Crippen LogP contribution in [0.3, 0.4) is 0 Å². The van der Waals surface area contributed by atoms with Gasteiger partial charge >= 0.3 is 0 Å². The maximum Gasteiger partial charge on any atom is 0.221 e. The zero-order valence-electron chi connectivity index (χ0n) is 14.4. The summed E-state index contributed by atoms with van der Waals surface area (Å²) < 4.78 is 35.8. The molecule has 0 bridgehead atoms. The summed E-state index contributed by atoms with van der Waals surface area (Å²) in [6.45, 7) is 4.87. The van der Waals surface area contributed by atoms with Gasteiger partial charge in [-0.2, -0.15) is 0 Å². The Morgan fingerprint density at radius 3 is 2.52 bits per heavy atom. The van der Waals surface area contributed by atoms with E-state index in [1.165, 1.54) is 12.1 Å². The molecular formula is C16H25ClN2O5S. The summed E-state index contributed by atoms with van der Waals surface area (Å²) in [6, 6.07) is 4.52. The predicted molar refractivity (Wildman–Crippen MR) is 97.2 cm³/mol. The molecule has 0 saturated heterocycles. The van der Waals surface area contributed by atoms with Crippen LogP contribution in [-0.2, 0) is 14.6 Å². The van der Waals surface area contributed by atoms with E-state index in [4.69, 9.17) is 15.2 Å². The van der Waals surface area contributed by atoms with Gasteiger partial charge in [-0.15, -0.1) is 12.4 Å². The summed E-state index contributed by atoms with van der Waals surface area (Å²) in [5.74, 6) is 0.340. The fourth-order valence-electron chi connectivity index (χ4n) is 2.10. The van der Waals surface area contributed by atoms with Gasteiger partial charge in [0.15, 0.2) is 21.3 Å². The van der Waals surface area contributed by atoms with E-state index < -0.39 is 15.4 Å². The van der Waals surface area contributed by atoms with E-state index in [1.807, 2.05) is 0 Å². The highest BCUT2D eigenvalue weighted by Gasteiger charge is 2.20. The average molecular weight is 393 g/mol. The van der Waals surface area contributed by atoms with Crippen molar-refractivity contribution in [1.29, 1.82) is 0 Å². The molecule has 7 nitrogen and oxygen atoms in total. The van der Waals surface area contributed by atoms with Gasteiger partial charge in [-0.3, -0.25) is 4.79 Å². The third-order valence-electron chi connectivity index (χ3n) is 3.42. The lowest BCUT2D eigenvalue weighted by atomic mass is 10.1. The van der Waals surface area contributed by atoms with Gasteiger partial charge in [-0.25, -0.2) is 8.42 Å². The number of carbonyl (C=O) groups excluding carboxylic acids is 1. The van der Waals surface area contributed by atoms with Crippen LogP contribution in [0.5, 0.6) is 11.5 Å². The quantitative estimate of drug-likeness (QED) is 0.755. The lowest BCUT2D eigenvalue weighted by molar-refractivity contribution is -0.120. The summed E-state index contributed by atoms with van der Waals surface area (Å²) in [5.41, 5.74) is 5.24. The number of carbonyl (C=O) groups is 1. The van der Waals surface area contributed by atoms with Crippen LogP contribution in [0.1, 0.15) is 26.7 Å². The number of rotatable bonds is 6. The van der Waals surface area contributed by atoms with Gasteiger partial charge in [0.25, 0.3) is 0 Å². The van der Waals surface area contributed by atoms with Crippen LogP contribution in [0.25, 0.3) is 0 Å². The number of ether oxygens (including phenoxy) is 2. The lowest BCUT2D eigenvalue weighted by Crippen LogP contribution is -2.45. The van der Waals surface area contributed by atoms with Crippen LogP contribution >= 0.6 is 12.4 Å². The zero-order valence-corrected chi connectivity index (χ0v) is 16.0. The molecule has 0 unspecified atom stereocenters. The number of hydrogen-bond acceptors (Lipinski definition) is 6. The fraction of sp³-hybridized carbons (Fsp3) is 0.562. The summed E-state index contributed by atoms with van der Waals surface area (Å²) >= 11 is 0. The zero-order chi connectivity index (χ0) is 17.8. The number of sulfone groups is 1. The second kappa shape index (κ2) is 8.73. The molecule has 1 aromatic carbocycles. The van der Waals surface area contributed by atoms with E-state index in [0.717, 1.165) is 6.42 Å². The highest BCUT2D eigenvalue weighted by molar-refractivity contribution is 7.91. The molecule has 3 N–H and O–H groups in total. The van der Waals surface area contributed by atoms with Crippen LogP contribution < -0.4 is 20.5 Å². The number of nitrogens with one attached hydrogen (secondary N) is 1. The van der Waals surface area contributed by atoms with E-state index in [1.54, 1.807) is 19.9 Å². The van der Waals surface area contributed by atoms with Crippen molar-refractivity contribution in [3.8, 4) is 11.5 Å². The summed E-state index contributed by atoms with van der Waals surface area (Å²) in [7, 11) is -3.58. The molecule has 1 aromatic rings. The Labute approximate surface area is 154 Å². The molecule has 0 spiro atoms. The highest BCUT2D eigenvalue weighted by Crippen LogP contribution is 2.32. The maximum atomic E-state index is 12.4. The SMILES string of the molecule is CC(C)(N)CNC(=O)CCS(=O)(=O)c1ccc2c(c1)OCCCO2.Cl. The second-order valence-electron chi connectivity index (χ2n) is 6.49. The average Bonchev–Trinajstić information content (AvgIpc) is 2.75. The lowest BCUT2D eigenvalue weighted by Gasteiger charge is -2.18. The van der Waals surface area contributed by atoms with Gasteiger partial charge in [-0.1, -0.05) is 0 Å². The predicted octanol–water partition coefficient (Wildman–Crippen LogP) is 1.29. The Morgan fingerprint density at radius 1 is 1.24 bits per heavy atom. The topological polar surface area (TPSA) is 108 Å². The summed E-state index contributed by atoms with van der Waals surface area (Å²) in [6.07, 6.45) is 0.626. The normalized spacial score (nSPS) is 14.2. The first-order valence-corrected chi connectivity index (χ1v) is 9.51. The van der Waals surface area contributed by atoms with Gasteiger partial charge in [0, 0.05) is 31.0 Å². The van der Waals surface area contributed by atoms with Crippen molar-refractivity contribution < 1.29 is 22.7 Å². The Bertz CT molecular complexity index is 701. The minimum Gasteiger partial charge on any atom is -0.490 e. The molecule has 2 rings (SSSR count). The number of fused-ring (bicyclic) bond motifs is 1. The molecule has 0 fully saturated rings. The van der Waals surface area contributed by atoms with Crippen LogP contribution in [0.4, 0.5) is 0 Å².